The highest BCUT2D eigenvalue weighted by atomic mass is 35.5. The van der Waals surface area contributed by atoms with Crippen molar-refractivity contribution in [3.8, 4) is 11.1 Å². The first-order valence-corrected chi connectivity index (χ1v) is 13.2. The molecular formula is C32H32ClN3O2. The summed E-state index contributed by atoms with van der Waals surface area (Å²) in [5, 5.41) is 2.48. The van der Waals surface area contributed by atoms with Crippen molar-refractivity contribution in [2.45, 2.75) is 26.2 Å². The maximum absolute atomic E-state index is 13.5. The molecule has 0 atom stereocenters. The molecule has 0 spiro atoms. The minimum absolute atomic E-state index is 0. The number of ketones is 1. The maximum Gasteiger partial charge on any atom is 0.251 e. The number of unbranched alkanes of at least 4 members (excludes halogenated alkanes) is 1. The molecule has 38 heavy (non-hydrogen) atoms. The van der Waals surface area contributed by atoms with Crippen LogP contribution in [-0.2, 0) is 6.42 Å². The Kier molecular flexibility index (Phi) is 7.13. The molecule has 1 heterocycles. The molecule has 4 aromatic rings. The molecule has 4 aromatic carbocycles. The normalized spacial score (nSPS) is 14.3. The summed E-state index contributed by atoms with van der Waals surface area (Å²) in [7, 11) is 0. The van der Waals surface area contributed by atoms with Crippen LogP contribution in [0.25, 0.3) is 21.9 Å². The molecule has 1 aliphatic heterocycles. The van der Waals surface area contributed by atoms with E-state index < -0.39 is 5.91 Å². The molecule has 0 aromatic heterocycles. The van der Waals surface area contributed by atoms with E-state index in [1.54, 1.807) is 0 Å². The van der Waals surface area contributed by atoms with E-state index in [2.05, 4.69) is 65.3 Å². The van der Waals surface area contributed by atoms with Gasteiger partial charge in [0, 0.05) is 48.4 Å². The summed E-state index contributed by atoms with van der Waals surface area (Å²) in [5.41, 5.74) is 12.5. The van der Waals surface area contributed by atoms with Crippen LogP contribution in [0.2, 0.25) is 0 Å². The van der Waals surface area contributed by atoms with Crippen LogP contribution in [0.4, 0.5) is 11.4 Å². The van der Waals surface area contributed by atoms with Crippen LogP contribution >= 0.6 is 12.4 Å². The predicted molar refractivity (Wildman–Crippen MR) is 158 cm³/mol. The number of nitrogens with two attached hydrogens (primary N) is 1. The van der Waals surface area contributed by atoms with Crippen LogP contribution in [0.5, 0.6) is 0 Å². The summed E-state index contributed by atoms with van der Waals surface area (Å²) in [4.78, 5) is 31.2. The Balaban J connectivity index is 0.00000294. The number of hydrogen-bond donors (Lipinski definition) is 1. The van der Waals surface area contributed by atoms with Crippen molar-refractivity contribution in [3.63, 3.8) is 0 Å². The molecule has 1 aliphatic carbocycles. The highest BCUT2D eigenvalue weighted by Gasteiger charge is 2.35. The molecule has 1 saturated heterocycles. The first kappa shape index (κ1) is 25.8. The van der Waals surface area contributed by atoms with Crippen LogP contribution in [0.3, 0.4) is 0 Å². The van der Waals surface area contributed by atoms with Crippen molar-refractivity contribution in [1.82, 2.24) is 0 Å². The lowest BCUT2D eigenvalue weighted by atomic mass is 9.91. The first-order chi connectivity index (χ1) is 18.1. The molecule has 0 bridgehead atoms. The zero-order chi connectivity index (χ0) is 25.5. The third-order valence-corrected chi connectivity index (χ3v) is 7.82. The first-order valence-electron chi connectivity index (χ1n) is 13.2. The Bertz CT molecular complexity index is 1530. The van der Waals surface area contributed by atoms with Crippen LogP contribution in [0.1, 0.15) is 51.6 Å². The van der Waals surface area contributed by atoms with Gasteiger partial charge in [-0.15, -0.1) is 12.4 Å². The van der Waals surface area contributed by atoms with Gasteiger partial charge in [0.2, 0.25) is 0 Å². The second-order valence-electron chi connectivity index (χ2n) is 10.00. The maximum atomic E-state index is 13.5. The van der Waals surface area contributed by atoms with Crippen molar-refractivity contribution >= 4 is 46.2 Å². The molecule has 0 radical (unpaired) electrons. The molecule has 2 aliphatic rings. The summed E-state index contributed by atoms with van der Waals surface area (Å²) >= 11 is 0. The number of rotatable bonds is 6. The molecule has 2 N–H and O–H groups in total. The van der Waals surface area contributed by atoms with E-state index in [1.807, 2.05) is 24.3 Å². The summed E-state index contributed by atoms with van der Waals surface area (Å²) in [6.07, 6.45) is 2.90. The molecular weight excluding hydrogens is 494 g/mol. The topological polar surface area (TPSA) is 66.6 Å². The predicted octanol–water partition coefficient (Wildman–Crippen LogP) is 6.24. The number of primary amides is 1. The number of benzene rings is 4. The zero-order valence-corrected chi connectivity index (χ0v) is 22.4. The summed E-state index contributed by atoms with van der Waals surface area (Å²) in [5.74, 6) is -0.626. The van der Waals surface area contributed by atoms with E-state index in [4.69, 9.17) is 5.73 Å². The van der Waals surface area contributed by atoms with Crippen molar-refractivity contribution in [1.29, 1.82) is 0 Å². The Hall–Kier alpha value is -3.83. The Morgan fingerprint density at radius 3 is 2.24 bits per heavy atom. The molecule has 6 heteroatoms. The lowest BCUT2D eigenvalue weighted by Crippen LogP contribution is -2.47. The average molecular weight is 526 g/mol. The van der Waals surface area contributed by atoms with Crippen molar-refractivity contribution in [3.05, 3.63) is 95.1 Å². The number of nitrogens with zero attached hydrogens (tertiary/aromatic N) is 2. The lowest BCUT2D eigenvalue weighted by Gasteiger charge is -2.39. The molecule has 5 nitrogen and oxygen atoms in total. The van der Waals surface area contributed by atoms with Crippen molar-refractivity contribution < 1.29 is 9.59 Å². The fourth-order valence-corrected chi connectivity index (χ4v) is 6.04. The number of fused-ring (bicyclic) bond motifs is 4. The SMILES string of the molecule is CCCCc1cc2c(c(C(N)=O)c1N1CCN(c3cccc4ccccc34)CC1)C(=O)c1ccccc1-2.Cl. The third kappa shape index (κ3) is 4.21. The number of aryl methyl sites for hydroxylation is 1. The summed E-state index contributed by atoms with van der Waals surface area (Å²) in [6, 6.07) is 24.7. The Labute approximate surface area is 229 Å². The van der Waals surface area contributed by atoms with Gasteiger partial charge in [-0.2, -0.15) is 0 Å². The molecule has 1 fully saturated rings. The molecule has 0 saturated carbocycles. The van der Waals surface area contributed by atoms with Crippen molar-refractivity contribution in [2.75, 3.05) is 36.0 Å². The average Bonchev–Trinajstić information content (AvgIpc) is 3.22. The number of piperazine rings is 1. The summed E-state index contributed by atoms with van der Waals surface area (Å²) < 4.78 is 0. The number of halogens is 1. The Morgan fingerprint density at radius 2 is 1.50 bits per heavy atom. The van der Waals surface area contributed by atoms with Gasteiger partial charge in [-0.3, -0.25) is 9.59 Å². The molecule has 6 rings (SSSR count). The van der Waals surface area contributed by atoms with E-state index >= 15 is 0 Å². The van der Waals surface area contributed by atoms with E-state index in [0.717, 1.165) is 67.8 Å². The minimum Gasteiger partial charge on any atom is -0.367 e. The summed E-state index contributed by atoms with van der Waals surface area (Å²) in [6.45, 7) is 5.32. The van der Waals surface area contributed by atoms with Gasteiger partial charge in [-0.25, -0.2) is 0 Å². The fourth-order valence-electron chi connectivity index (χ4n) is 6.04. The van der Waals surface area contributed by atoms with Gasteiger partial charge in [-0.05, 0) is 47.1 Å². The van der Waals surface area contributed by atoms with E-state index in [0.29, 0.717) is 16.7 Å². The van der Waals surface area contributed by atoms with Crippen LogP contribution in [0, 0.1) is 0 Å². The smallest absolute Gasteiger partial charge is 0.251 e. The van der Waals surface area contributed by atoms with Gasteiger partial charge in [-0.1, -0.05) is 74.0 Å². The Morgan fingerprint density at radius 1 is 0.842 bits per heavy atom. The lowest BCUT2D eigenvalue weighted by molar-refractivity contribution is 0.0983. The van der Waals surface area contributed by atoms with Gasteiger partial charge in [0.15, 0.2) is 5.78 Å². The van der Waals surface area contributed by atoms with Crippen LogP contribution in [-0.4, -0.2) is 37.9 Å². The standard InChI is InChI=1S/C32H31N3O2.ClH/c1-2-3-9-22-20-26-24-13-6-7-14-25(24)31(36)28(26)29(32(33)37)30(22)35-18-16-34(17-19-35)27-15-8-11-21-10-4-5-12-23(21)27;/h4-8,10-15,20H,2-3,9,16-19H2,1H3,(H2,33,37);1H. The van der Waals surface area contributed by atoms with Gasteiger partial charge in [0.05, 0.1) is 11.3 Å². The van der Waals surface area contributed by atoms with Gasteiger partial charge < -0.3 is 15.5 Å². The number of hydrogen-bond acceptors (Lipinski definition) is 4. The van der Waals surface area contributed by atoms with Crippen molar-refractivity contribution in [2.24, 2.45) is 5.73 Å². The number of carbonyl (C=O) groups is 2. The van der Waals surface area contributed by atoms with Crippen LogP contribution < -0.4 is 15.5 Å². The number of carbonyl (C=O) groups excluding carboxylic acids is 2. The zero-order valence-electron chi connectivity index (χ0n) is 21.6. The van der Waals surface area contributed by atoms with Gasteiger partial charge in [0.25, 0.3) is 5.91 Å². The number of amides is 1. The highest BCUT2D eigenvalue weighted by Crippen LogP contribution is 2.44. The largest absolute Gasteiger partial charge is 0.367 e. The van der Waals surface area contributed by atoms with E-state index in [1.165, 1.54) is 16.5 Å². The van der Waals surface area contributed by atoms with Gasteiger partial charge in [0.1, 0.15) is 0 Å². The van der Waals surface area contributed by atoms with E-state index in [-0.39, 0.29) is 18.2 Å². The minimum atomic E-state index is -0.526. The molecule has 0 unspecified atom stereocenters. The van der Waals surface area contributed by atoms with Crippen LogP contribution in [0.15, 0.2) is 72.8 Å². The second kappa shape index (κ2) is 10.5. The monoisotopic (exact) mass is 525 g/mol. The van der Waals surface area contributed by atoms with Gasteiger partial charge >= 0.3 is 0 Å². The number of anilines is 2. The molecule has 1 amide bonds. The fraction of sp³-hybridized carbons (Fsp3) is 0.250. The second-order valence-corrected chi connectivity index (χ2v) is 10.00. The van der Waals surface area contributed by atoms with E-state index in [9.17, 15) is 9.59 Å². The quantitative estimate of drug-likeness (QED) is 0.285. The molecule has 194 valence electrons. The highest BCUT2D eigenvalue weighted by molar-refractivity contribution is 6.27. The third-order valence-electron chi connectivity index (χ3n) is 7.82.